The first-order chi connectivity index (χ1) is 15.2. The van der Waals surface area contributed by atoms with Crippen molar-refractivity contribution in [1.82, 2.24) is 9.97 Å². The van der Waals surface area contributed by atoms with Gasteiger partial charge in [-0.05, 0) is 41.5 Å². The fourth-order valence-electron chi connectivity index (χ4n) is 3.08. The molecule has 4 rings (SSSR count). The SMILES string of the molecule is COc1ccc(C(C#N)c2cncc(NN=Cc3ccc4c(c3)OCO4)n2)cc1OC. The zero-order valence-corrected chi connectivity index (χ0v) is 16.9. The van der Waals surface area contributed by atoms with E-state index in [9.17, 15) is 5.26 Å². The lowest BCUT2D eigenvalue weighted by Gasteiger charge is -2.13. The molecule has 2 heterocycles. The Labute approximate surface area is 178 Å². The smallest absolute Gasteiger partial charge is 0.231 e. The van der Waals surface area contributed by atoms with Crippen LogP contribution < -0.4 is 24.4 Å². The highest BCUT2D eigenvalue weighted by Crippen LogP contribution is 2.33. The molecule has 1 atom stereocenters. The first kappa shape index (κ1) is 20.0. The van der Waals surface area contributed by atoms with Crippen molar-refractivity contribution in [1.29, 1.82) is 5.26 Å². The summed E-state index contributed by atoms with van der Waals surface area (Å²) in [5.74, 6) is 2.29. The summed E-state index contributed by atoms with van der Waals surface area (Å²) >= 11 is 0. The quantitative estimate of drug-likeness (QED) is 0.460. The second-order valence-corrected chi connectivity index (χ2v) is 6.49. The molecule has 1 aliphatic rings. The third-order valence-electron chi connectivity index (χ3n) is 4.61. The predicted octanol–water partition coefficient (Wildman–Crippen LogP) is 3.32. The number of nitrogens with one attached hydrogen (secondary N) is 1. The van der Waals surface area contributed by atoms with E-state index in [2.05, 4.69) is 26.6 Å². The normalized spacial score (nSPS) is 12.9. The van der Waals surface area contributed by atoms with Crippen LogP contribution in [0.2, 0.25) is 0 Å². The summed E-state index contributed by atoms with van der Waals surface area (Å²) in [6.07, 6.45) is 4.72. The Morgan fingerprint density at radius 3 is 2.74 bits per heavy atom. The van der Waals surface area contributed by atoms with Crippen LogP contribution in [0.5, 0.6) is 23.0 Å². The molecular weight excluding hydrogens is 398 g/mol. The predicted molar refractivity (Wildman–Crippen MR) is 113 cm³/mol. The number of hydrogen-bond acceptors (Lipinski definition) is 9. The monoisotopic (exact) mass is 417 g/mol. The highest BCUT2D eigenvalue weighted by Gasteiger charge is 2.18. The molecule has 0 saturated carbocycles. The van der Waals surface area contributed by atoms with Crippen LogP contribution in [0.1, 0.15) is 22.7 Å². The van der Waals surface area contributed by atoms with E-state index in [1.54, 1.807) is 44.8 Å². The summed E-state index contributed by atoms with van der Waals surface area (Å²) < 4.78 is 21.2. The molecule has 0 amide bonds. The highest BCUT2D eigenvalue weighted by atomic mass is 16.7. The number of nitriles is 1. The minimum Gasteiger partial charge on any atom is -0.493 e. The number of anilines is 1. The third kappa shape index (κ3) is 4.33. The van der Waals surface area contributed by atoms with Crippen LogP contribution in [0.4, 0.5) is 5.82 Å². The minimum atomic E-state index is -0.633. The molecule has 9 nitrogen and oxygen atoms in total. The van der Waals surface area contributed by atoms with E-state index in [1.807, 2.05) is 18.2 Å². The van der Waals surface area contributed by atoms with Gasteiger partial charge in [0.15, 0.2) is 28.8 Å². The lowest BCUT2D eigenvalue weighted by Crippen LogP contribution is -2.05. The van der Waals surface area contributed by atoms with Gasteiger partial charge in [0.25, 0.3) is 0 Å². The highest BCUT2D eigenvalue weighted by molar-refractivity contribution is 5.81. The van der Waals surface area contributed by atoms with Gasteiger partial charge in [-0.1, -0.05) is 6.07 Å². The molecule has 3 aromatic rings. The zero-order chi connectivity index (χ0) is 21.6. The van der Waals surface area contributed by atoms with Crippen molar-refractivity contribution >= 4 is 12.0 Å². The molecule has 1 aromatic heterocycles. The molecule has 2 aromatic carbocycles. The van der Waals surface area contributed by atoms with Gasteiger partial charge in [0.2, 0.25) is 6.79 Å². The maximum absolute atomic E-state index is 9.75. The lowest BCUT2D eigenvalue weighted by molar-refractivity contribution is 0.174. The number of hydrazone groups is 1. The van der Waals surface area contributed by atoms with E-state index in [0.717, 1.165) is 11.1 Å². The third-order valence-corrected chi connectivity index (χ3v) is 4.61. The molecule has 1 aliphatic heterocycles. The van der Waals surface area contributed by atoms with E-state index in [1.165, 1.54) is 6.20 Å². The van der Waals surface area contributed by atoms with Crippen molar-refractivity contribution in [3.8, 4) is 29.1 Å². The number of hydrogen-bond donors (Lipinski definition) is 1. The van der Waals surface area contributed by atoms with Gasteiger partial charge >= 0.3 is 0 Å². The summed E-state index contributed by atoms with van der Waals surface area (Å²) in [5, 5.41) is 13.9. The maximum Gasteiger partial charge on any atom is 0.231 e. The van der Waals surface area contributed by atoms with Crippen LogP contribution in [-0.2, 0) is 0 Å². The van der Waals surface area contributed by atoms with Crippen molar-refractivity contribution in [3.63, 3.8) is 0 Å². The summed E-state index contributed by atoms with van der Waals surface area (Å²) in [6.45, 7) is 0.219. The van der Waals surface area contributed by atoms with Gasteiger partial charge in [0.05, 0.1) is 44.6 Å². The number of nitrogens with zero attached hydrogens (tertiary/aromatic N) is 4. The molecule has 0 bridgehead atoms. The van der Waals surface area contributed by atoms with Gasteiger partial charge in [-0.3, -0.25) is 10.4 Å². The zero-order valence-electron chi connectivity index (χ0n) is 16.9. The average molecular weight is 417 g/mol. The second-order valence-electron chi connectivity index (χ2n) is 6.49. The Morgan fingerprint density at radius 1 is 1.10 bits per heavy atom. The van der Waals surface area contributed by atoms with Gasteiger partial charge in [0, 0.05) is 0 Å². The van der Waals surface area contributed by atoms with Crippen LogP contribution in [0.25, 0.3) is 0 Å². The number of rotatable bonds is 7. The van der Waals surface area contributed by atoms with Crippen LogP contribution in [-0.4, -0.2) is 37.2 Å². The van der Waals surface area contributed by atoms with Crippen LogP contribution in [0.15, 0.2) is 53.9 Å². The van der Waals surface area contributed by atoms with E-state index < -0.39 is 5.92 Å². The largest absolute Gasteiger partial charge is 0.493 e. The standard InChI is InChI=1S/C22H19N5O4/c1-28-18-6-4-15(8-20(18)29-2)16(9-23)17-11-24-12-22(26-17)27-25-10-14-3-5-19-21(7-14)31-13-30-19/h3-8,10-12,16H,13H2,1-2H3,(H,26,27). The minimum absolute atomic E-state index is 0.219. The molecule has 1 N–H and O–H groups in total. The molecule has 0 fully saturated rings. The molecule has 1 unspecified atom stereocenters. The lowest BCUT2D eigenvalue weighted by atomic mass is 9.97. The first-order valence-electron chi connectivity index (χ1n) is 9.34. The molecule has 156 valence electrons. The van der Waals surface area contributed by atoms with Gasteiger partial charge in [0.1, 0.15) is 5.92 Å². The van der Waals surface area contributed by atoms with E-state index in [0.29, 0.717) is 34.5 Å². The van der Waals surface area contributed by atoms with Crippen LogP contribution in [0.3, 0.4) is 0 Å². The molecule has 0 aliphatic carbocycles. The Bertz CT molecular complexity index is 1160. The Kier molecular flexibility index (Phi) is 5.80. The number of fused-ring (bicyclic) bond motifs is 1. The number of methoxy groups -OCH3 is 2. The number of ether oxygens (including phenoxy) is 4. The molecule has 0 saturated heterocycles. The van der Waals surface area contributed by atoms with Crippen molar-refractivity contribution in [2.75, 3.05) is 26.4 Å². The molecule has 0 radical (unpaired) electrons. The number of aromatic nitrogens is 2. The van der Waals surface area contributed by atoms with Gasteiger partial charge in [-0.25, -0.2) is 4.98 Å². The molecule has 0 spiro atoms. The topological polar surface area (TPSA) is 111 Å². The van der Waals surface area contributed by atoms with E-state index >= 15 is 0 Å². The van der Waals surface area contributed by atoms with E-state index in [4.69, 9.17) is 18.9 Å². The maximum atomic E-state index is 9.75. The fraction of sp³-hybridized carbons (Fsp3) is 0.182. The van der Waals surface area contributed by atoms with Crippen molar-refractivity contribution in [2.24, 2.45) is 5.10 Å². The average Bonchev–Trinajstić information content (AvgIpc) is 3.28. The Morgan fingerprint density at radius 2 is 1.94 bits per heavy atom. The summed E-state index contributed by atoms with van der Waals surface area (Å²) in [4.78, 5) is 8.67. The molecular formula is C22H19N5O4. The van der Waals surface area contributed by atoms with Gasteiger partial charge < -0.3 is 18.9 Å². The Hall–Kier alpha value is -4.32. The second kappa shape index (κ2) is 9.00. The number of benzene rings is 2. The molecule has 9 heteroatoms. The van der Waals surface area contributed by atoms with Crippen molar-refractivity contribution < 1.29 is 18.9 Å². The summed E-state index contributed by atoms with van der Waals surface area (Å²) in [5.41, 5.74) is 4.88. The van der Waals surface area contributed by atoms with Crippen LogP contribution >= 0.6 is 0 Å². The van der Waals surface area contributed by atoms with E-state index in [-0.39, 0.29) is 6.79 Å². The summed E-state index contributed by atoms with van der Waals surface area (Å²) in [7, 11) is 3.11. The van der Waals surface area contributed by atoms with Crippen molar-refractivity contribution in [3.05, 3.63) is 65.6 Å². The Balaban J connectivity index is 1.51. The first-order valence-corrected chi connectivity index (χ1v) is 9.34. The van der Waals surface area contributed by atoms with Gasteiger partial charge in [-0.15, -0.1) is 0 Å². The van der Waals surface area contributed by atoms with Crippen LogP contribution in [0, 0.1) is 11.3 Å². The molecule has 31 heavy (non-hydrogen) atoms. The van der Waals surface area contributed by atoms with Gasteiger partial charge in [-0.2, -0.15) is 10.4 Å². The fourth-order valence-corrected chi connectivity index (χ4v) is 3.08. The summed E-state index contributed by atoms with van der Waals surface area (Å²) in [6, 6.07) is 13.1. The van der Waals surface area contributed by atoms with Crippen molar-refractivity contribution in [2.45, 2.75) is 5.92 Å².